The van der Waals surface area contributed by atoms with Crippen LogP contribution in [0.3, 0.4) is 0 Å². The van der Waals surface area contributed by atoms with Crippen LogP contribution in [-0.4, -0.2) is 18.8 Å². The fraction of sp³-hybridized carbons (Fsp3) is 0.400. The van der Waals surface area contributed by atoms with Gasteiger partial charge < -0.3 is 15.6 Å². The summed E-state index contributed by atoms with van der Waals surface area (Å²) in [6.45, 7) is 1.91. The van der Waals surface area contributed by atoms with E-state index in [-0.39, 0.29) is 12.6 Å². The highest BCUT2D eigenvalue weighted by Crippen LogP contribution is 2.21. The summed E-state index contributed by atoms with van der Waals surface area (Å²) in [6, 6.07) is 5.35. The van der Waals surface area contributed by atoms with Crippen molar-refractivity contribution < 1.29 is 9.84 Å². The van der Waals surface area contributed by atoms with Crippen molar-refractivity contribution in [1.82, 2.24) is 0 Å². The molecule has 0 spiro atoms. The van der Waals surface area contributed by atoms with Crippen LogP contribution in [0.15, 0.2) is 18.2 Å². The Morgan fingerprint density at radius 2 is 2.23 bits per heavy atom. The lowest BCUT2D eigenvalue weighted by atomic mass is 10.0. The quantitative estimate of drug-likeness (QED) is 0.731. The van der Waals surface area contributed by atoms with Crippen LogP contribution in [0.1, 0.15) is 17.2 Å². The molecule has 0 fully saturated rings. The zero-order valence-corrected chi connectivity index (χ0v) is 7.95. The van der Waals surface area contributed by atoms with Crippen LogP contribution < -0.4 is 10.5 Å². The highest BCUT2D eigenvalue weighted by atomic mass is 16.5. The van der Waals surface area contributed by atoms with Gasteiger partial charge in [0, 0.05) is 0 Å². The molecule has 1 aromatic carbocycles. The summed E-state index contributed by atoms with van der Waals surface area (Å²) in [6.07, 6.45) is 0. The van der Waals surface area contributed by atoms with Crippen molar-refractivity contribution in [1.29, 1.82) is 0 Å². The van der Waals surface area contributed by atoms with Gasteiger partial charge in [0.2, 0.25) is 0 Å². The molecule has 72 valence electrons. The van der Waals surface area contributed by atoms with Crippen LogP contribution in [0.2, 0.25) is 0 Å². The second-order valence-electron chi connectivity index (χ2n) is 3.01. The van der Waals surface area contributed by atoms with E-state index in [9.17, 15) is 0 Å². The van der Waals surface area contributed by atoms with Crippen LogP contribution in [-0.2, 0) is 0 Å². The molecule has 3 nitrogen and oxygen atoms in total. The van der Waals surface area contributed by atoms with Crippen LogP contribution >= 0.6 is 0 Å². The number of hydrogen-bond acceptors (Lipinski definition) is 3. The lowest BCUT2D eigenvalue weighted by Crippen LogP contribution is -2.15. The molecular formula is C10H15NO2. The van der Waals surface area contributed by atoms with E-state index in [1.54, 1.807) is 7.11 Å². The Kier molecular flexibility index (Phi) is 3.28. The average Bonchev–Trinajstić information content (AvgIpc) is 2.17. The second-order valence-corrected chi connectivity index (χ2v) is 3.01. The number of ether oxygens (including phenoxy) is 1. The molecule has 1 unspecified atom stereocenters. The number of aryl methyl sites for hydroxylation is 1. The standard InChI is InChI=1S/C10H15NO2/c1-7-3-4-8(13-2)5-9(7)10(11)6-12/h3-5,10,12H,6,11H2,1-2H3. The minimum atomic E-state index is -0.324. The van der Waals surface area contributed by atoms with Crippen molar-refractivity contribution in [3.8, 4) is 5.75 Å². The molecule has 1 rings (SSSR count). The van der Waals surface area contributed by atoms with Crippen LogP contribution in [0.4, 0.5) is 0 Å². The first-order valence-electron chi connectivity index (χ1n) is 4.20. The monoisotopic (exact) mass is 181 g/mol. The molecule has 0 amide bonds. The number of hydrogen-bond donors (Lipinski definition) is 2. The summed E-state index contributed by atoms with van der Waals surface area (Å²) in [5.41, 5.74) is 7.72. The summed E-state index contributed by atoms with van der Waals surface area (Å²) in [4.78, 5) is 0. The van der Waals surface area contributed by atoms with Crippen molar-refractivity contribution in [2.45, 2.75) is 13.0 Å². The van der Waals surface area contributed by atoms with Crippen LogP contribution in [0.5, 0.6) is 5.75 Å². The first kappa shape index (κ1) is 10.0. The Bertz CT molecular complexity index is 286. The van der Waals surface area contributed by atoms with Gasteiger partial charge in [-0.25, -0.2) is 0 Å². The molecule has 0 radical (unpaired) electrons. The molecular weight excluding hydrogens is 166 g/mol. The van der Waals surface area contributed by atoms with E-state index < -0.39 is 0 Å². The van der Waals surface area contributed by atoms with Gasteiger partial charge in [-0.3, -0.25) is 0 Å². The summed E-state index contributed by atoms with van der Waals surface area (Å²) >= 11 is 0. The third-order valence-electron chi connectivity index (χ3n) is 2.08. The van der Waals surface area contributed by atoms with E-state index in [1.165, 1.54) is 0 Å². The van der Waals surface area contributed by atoms with Crippen molar-refractivity contribution in [2.75, 3.05) is 13.7 Å². The Balaban J connectivity index is 3.03. The maximum Gasteiger partial charge on any atom is 0.119 e. The van der Waals surface area contributed by atoms with E-state index in [4.69, 9.17) is 15.6 Å². The Labute approximate surface area is 78.1 Å². The summed E-state index contributed by atoms with van der Waals surface area (Å²) in [5, 5.41) is 8.91. The average molecular weight is 181 g/mol. The van der Waals surface area contributed by atoms with E-state index in [1.807, 2.05) is 25.1 Å². The van der Waals surface area contributed by atoms with Gasteiger partial charge in [0.15, 0.2) is 0 Å². The molecule has 1 atom stereocenters. The Hall–Kier alpha value is -1.06. The summed E-state index contributed by atoms with van der Waals surface area (Å²) in [5.74, 6) is 0.768. The summed E-state index contributed by atoms with van der Waals surface area (Å²) < 4.78 is 5.07. The van der Waals surface area contributed by atoms with E-state index in [0.717, 1.165) is 16.9 Å². The molecule has 0 aliphatic rings. The molecule has 0 heterocycles. The Morgan fingerprint density at radius 3 is 2.77 bits per heavy atom. The third-order valence-corrected chi connectivity index (χ3v) is 2.08. The van der Waals surface area contributed by atoms with Gasteiger partial charge in [-0.15, -0.1) is 0 Å². The lowest BCUT2D eigenvalue weighted by Gasteiger charge is -2.13. The normalized spacial score (nSPS) is 12.6. The Morgan fingerprint density at radius 1 is 1.54 bits per heavy atom. The topological polar surface area (TPSA) is 55.5 Å². The number of rotatable bonds is 3. The molecule has 13 heavy (non-hydrogen) atoms. The lowest BCUT2D eigenvalue weighted by molar-refractivity contribution is 0.267. The minimum absolute atomic E-state index is 0.0476. The van der Waals surface area contributed by atoms with Crippen molar-refractivity contribution >= 4 is 0 Å². The molecule has 0 aliphatic heterocycles. The van der Waals surface area contributed by atoms with Gasteiger partial charge >= 0.3 is 0 Å². The van der Waals surface area contributed by atoms with Gasteiger partial charge in [-0.2, -0.15) is 0 Å². The molecule has 3 N–H and O–H groups in total. The maximum atomic E-state index is 8.91. The fourth-order valence-corrected chi connectivity index (χ4v) is 1.24. The van der Waals surface area contributed by atoms with E-state index >= 15 is 0 Å². The van der Waals surface area contributed by atoms with Gasteiger partial charge in [-0.05, 0) is 30.2 Å². The minimum Gasteiger partial charge on any atom is -0.497 e. The van der Waals surface area contributed by atoms with E-state index in [2.05, 4.69) is 0 Å². The molecule has 0 bridgehead atoms. The fourth-order valence-electron chi connectivity index (χ4n) is 1.24. The molecule has 0 aliphatic carbocycles. The van der Waals surface area contributed by atoms with Crippen molar-refractivity contribution in [3.05, 3.63) is 29.3 Å². The number of methoxy groups -OCH3 is 1. The molecule has 1 aromatic rings. The van der Waals surface area contributed by atoms with Crippen molar-refractivity contribution in [2.24, 2.45) is 5.73 Å². The first-order valence-corrected chi connectivity index (χ1v) is 4.20. The number of aliphatic hydroxyl groups is 1. The predicted octanol–water partition coefficient (Wildman–Crippen LogP) is 0.996. The molecule has 0 saturated carbocycles. The van der Waals surface area contributed by atoms with Gasteiger partial charge in [0.05, 0.1) is 19.8 Å². The molecule has 0 saturated heterocycles. The summed E-state index contributed by atoms with van der Waals surface area (Å²) in [7, 11) is 1.61. The van der Waals surface area contributed by atoms with Gasteiger partial charge in [-0.1, -0.05) is 6.07 Å². The number of nitrogens with two attached hydrogens (primary N) is 1. The zero-order valence-electron chi connectivity index (χ0n) is 7.95. The van der Waals surface area contributed by atoms with Crippen LogP contribution in [0.25, 0.3) is 0 Å². The molecule has 0 aromatic heterocycles. The highest BCUT2D eigenvalue weighted by molar-refractivity contribution is 5.36. The highest BCUT2D eigenvalue weighted by Gasteiger charge is 2.08. The third kappa shape index (κ3) is 2.20. The first-order chi connectivity index (χ1) is 6.19. The van der Waals surface area contributed by atoms with Gasteiger partial charge in [0.1, 0.15) is 5.75 Å². The predicted molar refractivity (Wildman–Crippen MR) is 51.7 cm³/mol. The largest absolute Gasteiger partial charge is 0.497 e. The van der Waals surface area contributed by atoms with Crippen LogP contribution in [0, 0.1) is 6.92 Å². The number of aliphatic hydroxyl groups excluding tert-OH is 1. The SMILES string of the molecule is COc1ccc(C)c(C(N)CO)c1. The maximum absolute atomic E-state index is 8.91. The molecule has 3 heteroatoms. The van der Waals surface area contributed by atoms with Crippen molar-refractivity contribution in [3.63, 3.8) is 0 Å². The van der Waals surface area contributed by atoms with Gasteiger partial charge in [0.25, 0.3) is 0 Å². The second kappa shape index (κ2) is 4.25. The number of benzene rings is 1. The smallest absolute Gasteiger partial charge is 0.119 e. The zero-order chi connectivity index (χ0) is 9.84. The van der Waals surface area contributed by atoms with E-state index in [0.29, 0.717) is 0 Å².